The van der Waals surface area contributed by atoms with Gasteiger partial charge in [0.15, 0.2) is 0 Å². The van der Waals surface area contributed by atoms with E-state index in [4.69, 9.17) is 0 Å². The summed E-state index contributed by atoms with van der Waals surface area (Å²) in [6.45, 7) is 11.0. The zero-order chi connectivity index (χ0) is 12.7. The van der Waals surface area contributed by atoms with Gasteiger partial charge in [0.2, 0.25) is 0 Å². The smallest absolute Gasteiger partial charge is 0.0340 e. The lowest BCUT2D eigenvalue weighted by atomic mass is 10.0. The summed E-state index contributed by atoms with van der Waals surface area (Å²) in [4.78, 5) is 4.14. The Morgan fingerprint density at radius 1 is 1.35 bits per heavy atom. The molecule has 0 fully saturated rings. The maximum atomic E-state index is 4.14. The van der Waals surface area contributed by atoms with Crippen LogP contribution in [-0.2, 0) is 0 Å². The van der Waals surface area contributed by atoms with Crippen LogP contribution >= 0.6 is 0 Å². The van der Waals surface area contributed by atoms with Crippen LogP contribution in [0.4, 0.5) is 0 Å². The van der Waals surface area contributed by atoms with Crippen LogP contribution in [0.15, 0.2) is 30.1 Å². The van der Waals surface area contributed by atoms with Gasteiger partial charge in [-0.15, -0.1) is 0 Å². The Balaban J connectivity index is 2.63. The fourth-order valence-electron chi connectivity index (χ4n) is 1.60. The molecule has 0 aliphatic rings. The molecule has 1 heterocycles. The molecule has 0 saturated carbocycles. The molecule has 0 atom stereocenters. The minimum atomic E-state index is 0.565. The molecule has 0 saturated heterocycles. The summed E-state index contributed by atoms with van der Waals surface area (Å²) < 4.78 is 0. The van der Waals surface area contributed by atoms with Crippen LogP contribution < -0.4 is 5.32 Å². The van der Waals surface area contributed by atoms with Crippen molar-refractivity contribution in [3.05, 3.63) is 35.7 Å². The second-order valence-electron chi connectivity index (χ2n) is 5.19. The first-order valence-electron chi connectivity index (χ1n) is 6.40. The number of aromatic nitrogens is 1. The van der Waals surface area contributed by atoms with E-state index in [2.05, 4.69) is 50.1 Å². The zero-order valence-electron chi connectivity index (χ0n) is 11.4. The van der Waals surface area contributed by atoms with Crippen molar-refractivity contribution >= 4 is 6.08 Å². The summed E-state index contributed by atoms with van der Waals surface area (Å²) in [5.74, 6) is 1.26. The Labute approximate surface area is 105 Å². The van der Waals surface area contributed by atoms with Crippen molar-refractivity contribution in [2.75, 3.05) is 13.1 Å². The quantitative estimate of drug-likeness (QED) is 0.813. The van der Waals surface area contributed by atoms with Crippen LogP contribution in [0.1, 0.15) is 33.3 Å². The van der Waals surface area contributed by atoms with Crippen molar-refractivity contribution in [1.29, 1.82) is 0 Å². The number of hydrogen-bond acceptors (Lipinski definition) is 2. The maximum absolute atomic E-state index is 4.14. The third kappa shape index (κ3) is 5.64. The number of nitrogens with zero attached hydrogens (tertiary/aromatic N) is 1. The second kappa shape index (κ2) is 7.23. The molecule has 0 aromatic carbocycles. The first-order valence-corrected chi connectivity index (χ1v) is 6.40. The topological polar surface area (TPSA) is 24.9 Å². The minimum absolute atomic E-state index is 0.565. The third-order valence-electron chi connectivity index (χ3n) is 2.66. The number of hydrogen-bond donors (Lipinski definition) is 1. The van der Waals surface area contributed by atoms with E-state index in [1.807, 2.05) is 18.5 Å². The number of rotatable bonds is 6. The van der Waals surface area contributed by atoms with E-state index in [1.165, 1.54) is 11.1 Å². The van der Waals surface area contributed by atoms with Crippen molar-refractivity contribution in [3.8, 4) is 0 Å². The van der Waals surface area contributed by atoms with Crippen molar-refractivity contribution in [3.63, 3.8) is 0 Å². The molecular weight excluding hydrogens is 208 g/mol. The average Bonchev–Trinajstić information content (AvgIpc) is 2.28. The lowest BCUT2D eigenvalue weighted by Crippen LogP contribution is -2.23. The first kappa shape index (κ1) is 13.9. The monoisotopic (exact) mass is 232 g/mol. The second-order valence-corrected chi connectivity index (χ2v) is 5.19. The van der Waals surface area contributed by atoms with Gasteiger partial charge in [0, 0.05) is 18.9 Å². The molecule has 0 amide bonds. The highest BCUT2D eigenvalue weighted by Gasteiger charge is 2.03. The highest BCUT2D eigenvalue weighted by molar-refractivity contribution is 5.52. The average molecular weight is 232 g/mol. The molecule has 94 valence electrons. The summed E-state index contributed by atoms with van der Waals surface area (Å²) in [5.41, 5.74) is 2.61. The lowest BCUT2D eigenvalue weighted by molar-refractivity contribution is 0.558. The molecule has 1 N–H and O–H groups in total. The predicted molar refractivity (Wildman–Crippen MR) is 74.8 cm³/mol. The van der Waals surface area contributed by atoms with E-state index in [1.54, 1.807) is 0 Å². The largest absolute Gasteiger partial charge is 0.313 e. The molecular formula is C15H24N2. The Bertz CT molecular complexity index is 339. The van der Waals surface area contributed by atoms with Gasteiger partial charge in [0.25, 0.3) is 0 Å². The van der Waals surface area contributed by atoms with Crippen molar-refractivity contribution in [1.82, 2.24) is 10.3 Å². The molecule has 1 aromatic heterocycles. The van der Waals surface area contributed by atoms with E-state index in [0.29, 0.717) is 11.8 Å². The molecule has 0 unspecified atom stereocenters. The molecule has 0 aliphatic carbocycles. The van der Waals surface area contributed by atoms with Gasteiger partial charge in [-0.2, -0.15) is 0 Å². The van der Waals surface area contributed by atoms with Crippen LogP contribution in [0.3, 0.4) is 0 Å². The van der Waals surface area contributed by atoms with Crippen LogP contribution in [0, 0.1) is 11.8 Å². The van der Waals surface area contributed by atoms with Gasteiger partial charge < -0.3 is 5.32 Å². The van der Waals surface area contributed by atoms with Gasteiger partial charge in [-0.25, -0.2) is 0 Å². The normalized spacial score (nSPS) is 12.5. The SMILES string of the molecule is CC(C)CNCC(=Cc1cccnc1)C(C)C. The van der Waals surface area contributed by atoms with E-state index in [-0.39, 0.29) is 0 Å². The van der Waals surface area contributed by atoms with Gasteiger partial charge in [0.05, 0.1) is 0 Å². The van der Waals surface area contributed by atoms with Crippen LogP contribution in [-0.4, -0.2) is 18.1 Å². The van der Waals surface area contributed by atoms with E-state index < -0.39 is 0 Å². The lowest BCUT2D eigenvalue weighted by Gasteiger charge is -2.14. The summed E-state index contributed by atoms with van der Waals surface area (Å²) in [5, 5.41) is 3.50. The van der Waals surface area contributed by atoms with Crippen LogP contribution in [0.5, 0.6) is 0 Å². The van der Waals surface area contributed by atoms with Crippen LogP contribution in [0.2, 0.25) is 0 Å². The predicted octanol–water partition coefficient (Wildman–Crippen LogP) is 3.37. The third-order valence-corrected chi connectivity index (χ3v) is 2.66. The number of pyridine rings is 1. The summed E-state index contributed by atoms with van der Waals surface area (Å²) in [6.07, 6.45) is 5.96. The molecule has 17 heavy (non-hydrogen) atoms. The fraction of sp³-hybridized carbons (Fsp3) is 0.533. The molecule has 1 rings (SSSR count). The summed E-state index contributed by atoms with van der Waals surface area (Å²) in [6, 6.07) is 4.07. The van der Waals surface area contributed by atoms with Gasteiger partial charge in [-0.1, -0.05) is 45.4 Å². The molecule has 1 aromatic rings. The van der Waals surface area contributed by atoms with E-state index >= 15 is 0 Å². The molecule has 0 spiro atoms. The van der Waals surface area contributed by atoms with E-state index in [9.17, 15) is 0 Å². The fourth-order valence-corrected chi connectivity index (χ4v) is 1.60. The van der Waals surface area contributed by atoms with Crippen molar-refractivity contribution in [2.45, 2.75) is 27.7 Å². The number of nitrogens with one attached hydrogen (secondary N) is 1. The first-order chi connectivity index (χ1) is 8.09. The Hall–Kier alpha value is -1.15. The zero-order valence-corrected chi connectivity index (χ0v) is 11.4. The molecule has 0 bridgehead atoms. The van der Waals surface area contributed by atoms with Gasteiger partial charge in [0.1, 0.15) is 0 Å². The van der Waals surface area contributed by atoms with Crippen molar-refractivity contribution in [2.24, 2.45) is 11.8 Å². The summed E-state index contributed by atoms with van der Waals surface area (Å²) in [7, 11) is 0. The van der Waals surface area contributed by atoms with Crippen LogP contribution in [0.25, 0.3) is 6.08 Å². The maximum Gasteiger partial charge on any atom is 0.0340 e. The minimum Gasteiger partial charge on any atom is -0.313 e. The van der Waals surface area contributed by atoms with Crippen molar-refractivity contribution < 1.29 is 0 Å². The standard InChI is InChI=1S/C15H24N2/c1-12(2)9-17-11-15(13(3)4)8-14-6-5-7-16-10-14/h5-8,10,12-13,17H,9,11H2,1-4H3. The molecule has 2 heteroatoms. The molecule has 0 aliphatic heterocycles. The molecule has 2 nitrogen and oxygen atoms in total. The summed E-state index contributed by atoms with van der Waals surface area (Å²) >= 11 is 0. The van der Waals surface area contributed by atoms with Gasteiger partial charge >= 0.3 is 0 Å². The Morgan fingerprint density at radius 3 is 2.65 bits per heavy atom. The van der Waals surface area contributed by atoms with Gasteiger partial charge in [-0.3, -0.25) is 4.98 Å². The van der Waals surface area contributed by atoms with Gasteiger partial charge in [-0.05, 0) is 30.0 Å². The van der Waals surface area contributed by atoms with E-state index in [0.717, 1.165) is 13.1 Å². The highest BCUT2D eigenvalue weighted by Crippen LogP contribution is 2.13. The molecule has 0 radical (unpaired) electrons. The highest BCUT2D eigenvalue weighted by atomic mass is 14.9. The Morgan fingerprint density at radius 2 is 2.12 bits per heavy atom. The Kier molecular flexibility index (Phi) is 5.92.